The van der Waals surface area contributed by atoms with Gasteiger partial charge in [-0.25, -0.2) is 9.59 Å². The lowest BCUT2D eigenvalue weighted by Crippen LogP contribution is -2.47. The van der Waals surface area contributed by atoms with Gasteiger partial charge in [0.2, 0.25) is 0 Å². The quantitative estimate of drug-likeness (QED) is 0.710. The van der Waals surface area contributed by atoms with Gasteiger partial charge in [0.25, 0.3) is 0 Å². The molecule has 2 aliphatic rings. The first-order valence-corrected chi connectivity index (χ1v) is 11.5. The zero-order chi connectivity index (χ0) is 22.4. The van der Waals surface area contributed by atoms with Crippen LogP contribution in [0.3, 0.4) is 0 Å². The Bertz CT molecular complexity index is 723. The van der Waals surface area contributed by atoms with Gasteiger partial charge in [-0.3, -0.25) is 0 Å². The van der Waals surface area contributed by atoms with E-state index in [1.807, 2.05) is 13.0 Å². The van der Waals surface area contributed by atoms with Crippen molar-refractivity contribution < 1.29 is 23.8 Å². The Morgan fingerprint density at radius 1 is 1.13 bits per heavy atom. The molecule has 31 heavy (non-hydrogen) atoms. The van der Waals surface area contributed by atoms with Crippen molar-refractivity contribution in [2.45, 2.75) is 77.5 Å². The maximum Gasteiger partial charge on any atom is 0.408 e. The van der Waals surface area contributed by atoms with Crippen LogP contribution in [0, 0.1) is 17.8 Å². The molecule has 6 nitrogen and oxygen atoms in total. The first-order chi connectivity index (χ1) is 14.7. The number of hydrogen-bond acceptors (Lipinski definition) is 5. The molecule has 0 aromatic heterocycles. The predicted octanol–water partition coefficient (Wildman–Crippen LogP) is 4.51. The van der Waals surface area contributed by atoms with Gasteiger partial charge in [-0.05, 0) is 51.5 Å². The molecule has 1 N–H and O–H groups in total. The van der Waals surface area contributed by atoms with Gasteiger partial charge >= 0.3 is 12.1 Å². The molecule has 1 aromatic rings. The summed E-state index contributed by atoms with van der Waals surface area (Å²) in [4.78, 5) is 25.1. The molecule has 1 heterocycles. The number of hydrogen-bond donors (Lipinski definition) is 1. The molecule has 1 amide bonds. The fourth-order valence-corrected chi connectivity index (χ4v) is 5.02. The number of cyclic esters (lactones) is 1. The molecule has 2 fully saturated rings. The van der Waals surface area contributed by atoms with E-state index >= 15 is 0 Å². The lowest BCUT2D eigenvalue weighted by Gasteiger charge is -2.35. The van der Waals surface area contributed by atoms with Gasteiger partial charge in [0.1, 0.15) is 11.7 Å². The Morgan fingerprint density at radius 2 is 1.81 bits per heavy atom. The summed E-state index contributed by atoms with van der Waals surface area (Å²) < 4.78 is 17.2. The van der Waals surface area contributed by atoms with Gasteiger partial charge in [-0.2, -0.15) is 0 Å². The highest BCUT2D eigenvalue weighted by Crippen LogP contribution is 2.40. The Balaban J connectivity index is 1.76. The molecular weight excluding hydrogens is 394 g/mol. The molecular formula is C25H37NO5. The lowest BCUT2D eigenvalue weighted by atomic mass is 9.75. The van der Waals surface area contributed by atoms with Crippen LogP contribution in [0.25, 0.3) is 0 Å². The topological polar surface area (TPSA) is 73.9 Å². The number of amides is 1. The van der Waals surface area contributed by atoms with E-state index in [9.17, 15) is 9.59 Å². The largest absolute Gasteiger partial charge is 0.461 e. The lowest BCUT2D eigenvalue weighted by molar-refractivity contribution is -0.155. The third-order valence-corrected chi connectivity index (χ3v) is 6.27. The molecule has 0 bridgehead atoms. The molecule has 1 saturated carbocycles. The minimum atomic E-state index is -0.878. The molecule has 1 aliphatic heterocycles. The summed E-state index contributed by atoms with van der Waals surface area (Å²) in [7, 11) is 0. The van der Waals surface area contributed by atoms with Crippen LogP contribution in [0.15, 0.2) is 30.3 Å². The molecule has 1 aromatic carbocycles. The minimum Gasteiger partial charge on any atom is -0.461 e. The molecule has 4 atom stereocenters. The van der Waals surface area contributed by atoms with E-state index in [1.165, 1.54) is 18.4 Å². The highest BCUT2D eigenvalue weighted by Gasteiger charge is 2.40. The van der Waals surface area contributed by atoms with Crippen molar-refractivity contribution in [3.05, 3.63) is 35.9 Å². The van der Waals surface area contributed by atoms with E-state index in [1.54, 1.807) is 20.8 Å². The summed E-state index contributed by atoms with van der Waals surface area (Å²) in [6.07, 6.45) is 4.78. The van der Waals surface area contributed by atoms with Crippen LogP contribution in [0.2, 0.25) is 0 Å². The first kappa shape index (κ1) is 23.6. The van der Waals surface area contributed by atoms with Crippen LogP contribution < -0.4 is 5.32 Å². The minimum absolute atomic E-state index is 0.0769. The second kappa shape index (κ2) is 10.5. The molecule has 3 rings (SSSR count). The highest BCUT2D eigenvalue weighted by atomic mass is 16.6. The van der Waals surface area contributed by atoms with E-state index in [2.05, 4.69) is 29.6 Å². The number of benzene rings is 1. The maximum atomic E-state index is 12.9. The fraction of sp³-hybridized carbons (Fsp3) is 0.680. The second-order valence-corrected chi connectivity index (χ2v) is 9.95. The number of ether oxygens (including phenoxy) is 3. The van der Waals surface area contributed by atoms with Crippen molar-refractivity contribution >= 4 is 12.1 Å². The Labute approximate surface area is 186 Å². The summed E-state index contributed by atoms with van der Waals surface area (Å²) >= 11 is 0. The Morgan fingerprint density at radius 3 is 2.45 bits per heavy atom. The number of carbonyl (C=O) groups is 2. The smallest absolute Gasteiger partial charge is 0.408 e. The zero-order valence-electron chi connectivity index (χ0n) is 19.3. The number of rotatable bonds is 4. The van der Waals surface area contributed by atoms with E-state index in [0.29, 0.717) is 12.5 Å². The SMILES string of the molecule is C[C@@H]1OC(=O)[C@@H](NC(=O)OC(C)(C)C)COC[C@H](Cc2ccccc2)[C@H]1C1CCCC1. The van der Waals surface area contributed by atoms with E-state index in [0.717, 1.165) is 19.3 Å². The van der Waals surface area contributed by atoms with Gasteiger partial charge in [-0.15, -0.1) is 0 Å². The fourth-order valence-electron chi connectivity index (χ4n) is 5.02. The second-order valence-electron chi connectivity index (χ2n) is 9.95. The van der Waals surface area contributed by atoms with Crippen LogP contribution >= 0.6 is 0 Å². The van der Waals surface area contributed by atoms with Crippen LogP contribution in [-0.4, -0.2) is 43.0 Å². The Kier molecular flexibility index (Phi) is 7.98. The van der Waals surface area contributed by atoms with Crippen LogP contribution in [0.4, 0.5) is 4.79 Å². The Hall–Kier alpha value is -2.08. The summed E-state index contributed by atoms with van der Waals surface area (Å²) in [5, 5.41) is 2.63. The standard InChI is InChI=1S/C25H37NO5/c1-17-22(19-12-8-9-13-19)20(14-18-10-6-5-7-11-18)15-29-16-21(23(27)30-17)26-24(28)31-25(2,3)4/h5-7,10-11,17,19-22H,8-9,12-16H2,1-4H3,(H,26,28)/t17-,20-,21-,22+/m0/s1. The highest BCUT2D eigenvalue weighted by molar-refractivity contribution is 5.81. The van der Waals surface area contributed by atoms with Gasteiger partial charge < -0.3 is 19.5 Å². The van der Waals surface area contributed by atoms with Crippen molar-refractivity contribution in [3.63, 3.8) is 0 Å². The molecule has 172 valence electrons. The third kappa shape index (κ3) is 6.96. The summed E-state index contributed by atoms with van der Waals surface area (Å²) in [5.74, 6) is 0.540. The van der Waals surface area contributed by atoms with Crippen molar-refractivity contribution in [2.24, 2.45) is 17.8 Å². The van der Waals surface area contributed by atoms with Gasteiger partial charge in [0.15, 0.2) is 6.04 Å². The summed E-state index contributed by atoms with van der Waals surface area (Å²) in [6.45, 7) is 7.96. The average molecular weight is 432 g/mol. The molecule has 0 unspecified atom stereocenters. The molecule has 0 radical (unpaired) electrons. The number of esters is 1. The third-order valence-electron chi connectivity index (χ3n) is 6.27. The maximum absolute atomic E-state index is 12.9. The predicted molar refractivity (Wildman–Crippen MR) is 119 cm³/mol. The average Bonchev–Trinajstić information content (AvgIpc) is 3.21. The zero-order valence-corrected chi connectivity index (χ0v) is 19.3. The number of nitrogens with one attached hydrogen (secondary N) is 1. The number of alkyl carbamates (subject to hydrolysis) is 1. The molecule has 1 aliphatic carbocycles. The monoisotopic (exact) mass is 431 g/mol. The van der Waals surface area contributed by atoms with Crippen LogP contribution in [0.5, 0.6) is 0 Å². The van der Waals surface area contributed by atoms with E-state index in [-0.39, 0.29) is 24.5 Å². The number of carbonyl (C=O) groups excluding carboxylic acids is 2. The van der Waals surface area contributed by atoms with Gasteiger partial charge in [-0.1, -0.05) is 56.0 Å². The van der Waals surface area contributed by atoms with E-state index < -0.39 is 23.7 Å². The van der Waals surface area contributed by atoms with Gasteiger partial charge in [0, 0.05) is 5.92 Å². The first-order valence-electron chi connectivity index (χ1n) is 11.5. The summed E-state index contributed by atoms with van der Waals surface area (Å²) in [6, 6.07) is 9.54. The summed E-state index contributed by atoms with van der Waals surface area (Å²) in [5.41, 5.74) is 0.620. The molecule has 0 spiro atoms. The normalized spacial score (nSPS) is 28.2. The molecule has 1 saturated heterocycles. The van der Waals surface area contributed by atoms with Crippen LogP contribution in [-0.2, 0) is 25.4 Å². The van der Waals surface area contributed by atoms with E-state index in [4.69, 9.17) is 14.2 Å². The van der Waals surface area contributed by atoms with Crippen LogP contribution in [0.1, 0.15) is 58.9 Å². The van der Waals surface area contributed by atoms with Crippen molar-refractivity contribution in [1.82, 2.24) is 5.32 Å². The van der Waals surface area contributed by atoms with Crippen molar-refractivity contribution in [1.29, 1.82) is 0 Å². The van der Waals surface area contributed by atoms with Gasteiger partial charge in [0.05, 0.1) is 13.2 Å². The molecule has 6 heteroatoms. The van der Waals surface area contributed by atoms with Crippen molar-refractivity contribution in [3.8, 4) is 0 Å². The van der Waals surface area contributed by atoms with Crippen molar-refractivity contribution in [2.75, 3.05) is 13.2 Å².